The number of carbonyl (C=O) groups excluding carboxylic acids is 2. The molecule has 4 bridgehead atoms. The molecule has 202 valence electrons. The van der Waals surface area contributed by atoms with Gasteiger partial charge in [0.25, 0.3) is 0 Å². The summed E-state index contributed by atoms with van der Waals surface area (Å²) in [6, 6.07) is 0. The van der Waals surface area contributed by atoms with Crippen molar-refractivity contribution in [1.82, 2.24) is 0 Å². The number of carbonyl (C=O) groups is 2. The lowest BCUT2D eigenvalue weighted by Crippen LogP contribution is -2.62. The summed E-state index contributed by atoms with van der Waals surface area (Å²) in [6.07, 6.45) is 9.93. The largest absolute Gasteiger partial charge is 0.463 e. The van der Waals surface area contributed by atoms with Crippen molar-refractivity contribution in [2.45, 2.75) is 102 Å². The molecule has 8 heteroatoms. The van der Waals surface area contributed by atoms with Gasteiger partial charge in [-0.1, -0.05) is 43.7 Å². The quantitative estimate of drug-likeness (QED) is 0.299. The maximum atomic E-state index is 13.1. The van der Waals surface area contributed by atoms with Gasteiger partial charge >= 0.3 is 11.9 Å². The van der Waals surface area contributed by atoms with E-state index < -0.39 is 40.6 Å². The van der Waals surface area contributed by atoms with Crippen LogP contribution in [0.15, 0.2) is 36.0 Å². The molecule has 0 aromatic heterocycles. The van der Waals surface area contributed by atoms with E-state index in [0.717, 1.165) is 12.8 Å². The summed E-state index contributed by atoms with van der Waals surface area (Å²) in [5, 5.41) is 10.8. The molecule has 0 aromatic rings. The highest BCUT2D eigenvalue weighted by atomic mass is 16.7. The zero-order valence-corrected chi connectivity index (χ0v) is 22.1. The van der Waals surface area contributed by atoms with E-state index in [1.54, 1.807) is 12.2 Å². The third kappa shape index (κ3) is 3.48. The van der Waals surface area contributed by atoms with Crippen molar-refractivity contribution in [3.63, 3.8) is 0 Å². The number of cyclic esters (lactones) is 1. The standard InChI is InChI=1S/C29H38O8/c1-17-9-11-27-16-34-25(32)24(31)18(2)10-12-33-19(3)7-5-6-8-23(30)36-20-14-22(35-21(27)13-17)28-15-29(28,37-28)26(20,27)4/h5-8,13,18-22,24,31H,9-12,14-16H2,1-4H3/b7-5+,8-6-/t18?,19?,20-,21?,22-,24-,26-,27-,28?,29?/m1/s1. The lowest BCUT2D eigenvalue weighted by Gasteiger charge is -2.54. The van der Waals surface area contributed by atoms with Crippen molar-refractivity contribution in [3.05, 3.63) is 36.0 Å². The Hall–Kier alpha value is -2.00. The summed E-state index contributed by atoms with van der Waals surface area (Å²) in [5.74, 6) is -1.38. The number of hydrogen-bond acceptors (Lipinski definition) is 8. The fourth-order valence-electron chi connectivity index (χ4n) is 7.68. The van der Waals surface area contributed by atoms with E-state index in [9.17, 15) is 14.7 Å². The number of allylic oxidation sites excluding steroid dienone is 3. The number of hydrogen-bond donors (Lipinski definition) is 1. The van der Waals surface area contributed by atoms with Crippen LogP contribution in [0.1, 0.15) is 59.8 Å². The fraction of sp³-hybridized carbons (Fsp3) is 0.724. The van der Waals surface area contributed by atoms with Crippen LogP contribution < -0.4 is 0 Å². The van der Waals surface area contributed by atoms with Gasteiger partial charge in [0.15, 0.2) is 6.10 Å². The van der Waals surface area contributed by atoms with Gasteiger partial charge in [-0.25, -0.2) is 9.59 Å². The van der Waals surface area contributed by atoms with Crippen LogP contribution in [0.5, 0.6) is 0 Å². The first-order chi connectivity index (χ1) is 17.6. The van der Waals surface area contributed by atoms with Crippen molar-refractivity contribution >= 4 is 11.9 Å². The lowest BCUT2D eigenvalue weighted by atomic mass is 9.51. The molecule has 8 nitrogen and oxygen atoms in total. The van der Waals surface area contributed by atoms with Crippen molar-refractivity contribution in [2.75, 3.05) is 13.2 Å². The highest BCUT2D eigenvalue weighted by Crippen LogP contribution is 2.88. The van der Waals surface area contributed by atoms with E-state index in [1.807, 2.05) is 19.9 Å². The molecule has 0 radical (unpaired) electrons. The van der Waals surface area contributed by atoms with Crippen LogP contribution in [0.4, 0.5) is 0 Å². The average Bonchev–Trinajstić information content (AvgIpc) is 3.72. The van der Waals surface area contributed by atoms with Crippen LogP contribution in [0.2, 0.25) is 0 Å². The monoisotopic (exact) mass is 514 g/mol. The van der Waals surface area contributed by atoms with Crippen LogP contribution in [-0.2, 0) is 33.3 Å². The first-order valence-corrected chi connectivity index (χ1v) is 13.6. The molecule has 7 aliphatic rings. The van der Waals surface area contributed by atoms with Gasteiger partial charge in [0.05, 0.1) is 18.3 Å². The maximum Gasteiger partial charge on any atom is 0.335 e. The van der Waals surface area contributed by atoms with E-state index in [4.69, 9.17) is 23.7 Å². The second-order valence-electron chi connectivity index (χ2n) is 12.2. The Morgan fingerprint density at radius 3 is 2.70 bits per heavy atom. The first kappa shape index (κ1) is 25.3. The van der Waals surface area contributed by atoms with E-state index in [2.05, 4.69) is 19.9 Å². The summed E-state index contributed by atoms with van der Waals surface area (Å²) < 4.78 is 31.0. The zero-order chi connectivity index (χ0) is 26.2. The van der Waals surface area contributed by atoms with Gasteiger partial charge in [0.2, 0.25) is 0 Å². The number of rotatable bonds is 0. The third-order valence-corrected chi connectivity index (χ3v) is 10.3. The van der Waals surface area contributed by atoms with E-state index in [1.165, 1.54) is 11.6 Å². The molecule has 3 aliphatic carbocycles. The van der Waals surface area contributed by atoms with Crippen LogP contribution in [-0.4, -0.2) is 72.0 Å². The van der Waals surface area contributed by atoms with Crippen LogP contribution in [0.3, 0.4) is 0 Å². The van der Waals surface area contributed by atoms with Gasteiger partial charge in [0.1, 0.15) is 23.9 Å². The molecule has 0 amide bonds. The Bertz CT molecular complexity index is 1070. The van der Waals surface area contributed by atoms with Crippen molar-refractivity contribution < 1.29 is 38.4 Å². The van der Waals surface area contributed by atoms with Gasteiger partial charge in [-0.05, 0) is 39.0 Å². The number of esters is 2. The maximum absolute atomic E-state index is 13.1. The second kappa shape index (κ2) is 8.50. The molecule has 5 unspecified atom stereocenters. The van der Waals surface area contributed by atoms with Gasteiger partial charge in [-0.3, -0.25) is 0 Å². The highest BCUT2D eigenvalue weighted by molar-refractivity contribution is 5.82. The number of aliphatic hydroxyl groups excluding tert-OH is 1. The predicted molar refractivity (Wildman–Crippen MR) is 132 cm³/mol. The predicted octanol–water partition coefficient (Wildman–Crippen LogP) is 3.18. The number of ether oxygens (including phenoxy) is 5. The molecule has 5 fully saturated rings. The topological polar surface area (TPSA) is 104 Å². The van der Waals surface area contributed by atoms with Crippen molar-refractivity contribution in [1.29, 1.82) is 0 Å². The van der Waals surface area contributed by atoms with Crippen molar-refractivity contribution in [2.24, 2.45) is 16.7 Å². The van der Waals surface area contributed by atoms with Crippen LogP contribution >= 0.6 is 0 Å². The van der Waals surface area contributed by atoms with Gasteiger partial charge < -0.3 is 28.8 Å². The molecular formula is C29H38O8. The number of epoxide rings is 1. The smallest absolute Gasteiger partial charge is 0.335 e. The molecule has 0 aromatic carbocycles. The molecule has 4 aliphatic heterocycles. The normalized spacial score (nSPS) is 52.9. The molecule has 2 saturated carbocycles. The summed E-state index contributed by atoms with van der Waals surface area (Å²) in [5.41, 5.74) is -0.834. The van der Waals surface area contributed by atoms with Gasteiger partial charge in [0, 0.05) is 36.4 Å². The van der Waals surface area contributed by atoms with Gasteiger partial charge in [-0.2, -0.15) is 0 Å². The van der Waals surface area contributed by atoms with E-state index in [-0.39, 0.29) is 36.4 Å². The molecule has 37 heavy (non-hydrogen) atoms. The second-order valence-corrected chi connectivity index (χ2v) is 12.2. The average molecular weight is 515 g/mol. The van der Waals surface area contributed by atoms with E-state index >= 15 is 0 Å². The Balaban J connectivity index is 1.39. The third-order valence-electron chi connectivity index (χ3n) is 10.3. The molecule has 10 atom stereocenters. The Morgan fingerprint density at radius 2 is 1.92 bits per heavy atom. The Morgan fingerprint density at radius 1 is 1.14 bits per heavy atom. The fourth-order valence-corrected chi connectivity index (χ4v) is 7.68. The SMILES string of the molecule is CC1=CC2O[C@@H]3C[C@H]4OC(=O)/C=C\C=C\C(C)OCCC(C)[C@@H](O)C(=O)OC[C@@]2(CC1)[C@]4(C)C12CC31O2. The molecular weight excluding hydrogens is 476 g/mol. The summed E-state index contributed by atoms with van der Waals surface area (Å²) in [6.45, 7) is 8.40. The highest BCUT2D eigenvalue weighted by Gasteiger charge is 3.01. The molecule has 4 heterocycles. The first-order valence-electron chi connectivity index (χ1n) is 13.6. The van der Waals surface area contributed by atoms with Gasteiger partial charge in [-0.15, -0.1) is 0 Å². The molecule has 1 spiro atoms. The molecule has 3 saturated heterocycles. The zero-order valence-electron chi connectivity index (χ0n) is 22.1. The summed E-state index contributed by atoms with van der Waals surface area (Å²) >= 11 is 0. The summed E-state index contributed by atoms with van der Waals surface area (Å²) in [7, 11) is 0. The van der Waals surface area contributed by atoms with Crippen LogP contribution in [0, 0.1) is 16.7 Å². The lowest BCUT2D eigenvalue weighted by molar-refractivity contribution is -0.201. The number of aliphatic hydroxyl groups is 1. The minimum absolute atomic E-state index is 0.0641. The minimum atomic E-state index is -1.26. The summed E-state index contributed by atoms with van der Waals surface area (Å²) in [4.78, 5) is 26.1. The minimum Gasteiger partial charge on any atom is -0.463 e. The Kier molecular flexibility index (Phi) is 5.81. The molecule has 7 rings (SSSR count). The molecule has 1 N–H and O–H groups in total. The van der Waals surface area contributed by atoms with Crippen LogP contribution in [0.25, 0.3) is 0 Å². The van der Waals surface area contributed by atoms with Crippen molar-refractivity contribution in [3.8, 4) is 0 Å². The van der Waals surface area contributed by atoms with E-state index in [0.29, 0.717) is 25.9 Å². The Labute approximate surface area is 218 Å².